The molecule has 1 amide bonds. The molecule has 2 heterocycles. The average molecular weight is 305 g/mol. The third kappa shape index (κ3) is 3.78. The van der Waals surface area contributed by atoms with Crippen LogP contribution in [0.1, 0.15) is 54.8 Å². The number of amides is 1. The third-order valence-electron chi connectivity index (χ3n) is 3.05. The fourth-order valence-electron chi connectivity index (χ4n) is 1.72. The second-order valence-corrected chi connectivity index (χ2v) is 6.85. The molecule has 21 heavy (non-hydrogen) atoms. The number of hydrogen-bond acceptors (Lipinski definition) is 4. The molecule has 0 aromatic carbocycles. The van der Waals surface area contributed by atoms with Gasteiger partial charge in [-0.2, -0.15) is 0 Å². The number of aromatic nitrogens is 2. The molecule has 0 saturated carbocycles. The Morgan fingerprint density at radius 2 is 2.10 bits per heavy atom. The van der Waals surface area contributed by atoms with Crippen molar-refractivity contribution in [3.05, 3.63) is 50.3 Å². The summed E-state index contributed by atoms with van der Waals surface area (Å²) in [5.41, 5.74) is 1.22. The van der Waals surface area contributed by atoms with Gasteiger partial charge in [0.15, 0.2) is 0 Å². The van der Waals surface area contributed by atoms with Gasteiger partial charge in [0.25, 0.3) is 5.91 Å². The van der Waals surface area contributed by atoms with Crippen LogP contribution >= 0.6 is 11.3 Å². The van der Waals surface area contributed by atoms with Crippen LogP contribution in [0.15, 0.2) is 28.5 Å². The summed E-state index contributed by atoms with van der Waals surface area (Å²) in [4.78, 5) is 30.2. The normalized spacial score (nSPS) is 13.0. The second kappa shape index (κ2) is 5.81. The number of carbonyl (C=O) groups excluding carboxylic acids is 1. The van der Waals surface area contributed by atoms with E-state index in [2.05, 4.69) is 36.1 Å². The molecule has 1 atom stereocenters. The van der Waals surface area contributed by atoms with Crippen LogP contribution in [0.2, 0.25) is 0 Å². The second-order valence-electron chi connectivity index (χ2n) is 5.96. The fourth-order valence-corrected chi connectivity index (χ4v) is 2.78. The predicted octanol–water partition coefficient (Wildman–Crippen LogP) is 2.62. The SMILES string of the molecule is C[C@H](NC(=O)c1ccc(=O)[nH]c1)c1nc(C(C)(C)C)cs1. The van der Waals surface area contributed by atoms with Crippen molar-refractivity contribution < 1.29 is 4.79 Å². The molecule has 0 fully saturated rings. The van der Waals surface area contributed by atoms with Crippen molar-refractivity contribution in [1.82, 2.24) is 15.3 Å². The number of pyridine rings is 1. The minimum Gasteiger partial charge on any atom is -0.343 e. The van der Waals surface area contributed by atoms with Crippen molar-refractivity contribution in [3.63, 3.8) is 0 Å². The zero-order valence-corrected chi connectivity index (χ0v) is 13.4. The molecule has 0 unspecified atom stereocenters. The van der Waals surface area contributed by atoms with E-state index in [0.29, 0.717) is 5.56 Å². The average Bonchev–Trinajstić information content (AvgIpc) is 2.88. The highest BCUT2D eigenvalue weighted by Crippen LogP contribution is 2.26. The first-order valence-corrected chi connectivity index (χ1v) is 7.61. The first kappa shape index (κ1) is 15.4. The maximum absolute atomic E-state index is 12.1. The molecule has 2 aromatic heterocycles. The summed E-state index contributed by atoms with van der Waals surface area (Å²) in [5, 5.41) is 5.78. The molecule has 0 aliphatic rings. The number of H-pyrrole nitrogens is 1. The van der Waals surface area contributed by atoms with E-state index in [1.54, 1.807) is 11.3 Å². The van der Waals surface area contributed by atoms with Crippen LogP contribution in [0.5, 0.6) is 0 Å². The van der Waals surface area contributed by atoms with E-state index in [0.717, 1.165) is 10.7 Å². The van der Waals surface area contributed by atoms with Crippen molar-refractivity contribution in [2.45, 2.75) is 39.2 Å². The smallest absolute Gasteiger partial charge is 0.253 e. The lowest BCUT2D eigenvalue weighted by Crippen LogP contribution is -2.27. The number of hydrogen-bond donors (Lipinski definition) is 2. The zero-order valence-electron chi connectivity index (χ0n) is 12.6. The summed E-state index contributed by atoms with van der Waals surface area (Å²) >= 11 is 1.54. The van der Waals surface area contributed by atoms with E-state index in [1.807, 2.05) is 12.3 Å². The van der Waals surface area contributed by atoms with Crippen LogP contribution in [0.3, 0.4) is 0 Å². The molecular formula is C15H19N3O2S. The molecule has 2 N–H and O–H groups in total. The number of thiazole rings is 1. The topological polar surface area (TPSA) is 74.8 Å². The van der Waals surface area contributed by atoms with Gasteiger partial charge in [0.05, 0.1) is 17.3 Å². The Morgan fingerprint density at radius 1 is 1.38 bits per heavy atom. The van der Waals surface area contributed by atoms with E-state index in [-0.39, 0.29) is 22.9 Å². The Kier molecular flexibility index (Phi) is 4.27. The van der Waals surface area contributed by atoms with Crippen molar-refractivity contribution in [2.24, 2.45) is 0 Å². The lowest BCUT2D eigenvalue weighted by atomic mass is 9.93. The Morgan fingerprint density at radius 3 is 2.62 bits per heavy atom. The summed E-state index contributed by atoms with van der Waals surface area (Å²) < 4.78 is 0. The Bertz CT molecular complexity index is 677. The molecule has 2 rings (SSSR count). The molecule has 0 saturated heterocycles. The first-order chi connectivity index (χ1) is 9.77. The molecule has 0 radical (unpaired) electrons. The maximum atomic E-state index is 12.1. The minimum atomic E-state index is -0.230. The van der Waals surface area contributed by atoms with Gasteiger partial charge in [-0.3, -0.25) is 9.59 Å². The molecule has 0 spiro atoms. The summed E-state index contributed by atoms with van der Waals surface area (Å²) in [6.07, 6.45) is 1.41. The van der Waals surface area contributed by atoms with Gasteiger partial charge in [-0.25, -0.2) is 4.98 Å². The molecule has 0 aliphatic carbocycles. The van der Waals surface area contributed by atoms with E-state index in [9.17, 15) is 9.59 Å². The molecule has 0 bridgehead atoms. The zero-order chi connectivity index (χ0) is 15.6. The number of aromatic amines is 1. The Balaban J connectivity index is 2.09. The van der Waals surface area contributed by atoms with Gasteiger partial charge in [-0.15, -0.1) is 11.3 Å². The highest BCUT2D eigenvalue weighted by atomic mass is 32.1. The van der Waals surface area contributed by atoms with Crippen molar-refractivity contribution in [2.75, 3.05) is 0 Å². The van der Waals surface area contributed by atoms with E-state index < -0.39 is 0 Å². The maximum Gasteiger partial charge on any atom is 0.253 e. The predicted molar refractivity (Wildman–Crippen MR) is 83.8 cm³/mol. The van der Waals surface area contributed by atoms with Crippen molar-refractivity contribution >= 4 is 17.2 Å². The van der Waals surface area contributed by atoms with Crippen LogP contribution in [-0.4, -0.2) is 15.9 Å². The molecule has 2 aromatic rings. The van der Waals surface area contributed by atoms with Gasteiger partial charge in [0.1, 0.15) is 5.01 Å². The van der Waals surface area contributed by atoms with E-state index >= 15 is 0 Å². The van der Waals surface area contributed by atoms with Crippen LogP contribution in [-0.2, 0) is 5.41 Å². The van der Waals surface area contributed by atoms with Crippen LogP contribution in [0.4, 0.5) is 0 Å². The minimum absolute atomic E-state index is 0.00258. The number of nitrogens with one attached hydrogen (secondary N) is 2. The van der Waals surface area contributed by atoms with Crippen LogP contribution < -0.4 is 10.9 Å². The highest BCUT2D eigenvalue weighted by Gasteiger charge is 2.20. The quantitative estimate of drug-likeness (QED) is 0.915. The summed E-state index contributed by atoms with van der Waals surface area (Å²) in [5.74, 6) is -0.230. The standard InChI is InChI=1S/C15H19N3O2S/c1-9(14-18-11(8-21-14)15(2,3)4)17-13(20)10-5-6-12(19)16-7-10/h5-9H,1-4H3,(H,16,19)(H,17,20)/t9-/m0/s1. The third-order valence-corrected chi connectivity index (χ3v) is 4.08. The van der Waals surface area contributed by atoms with Crippen molar-refractivity contribution in [3.8, 4) is 0 Å². The van der Waals surface area contributed by atoms with E-state index in [1.165, 1.54) is 18.3 Å². The number of carbonyl (C=O) groups is 1. The van der Waals surface area contributed by atoms with Gasteiger partial charge >= 0.3 is 0 Å². The largest absolute Gasteiger partial charge is 0.343 e. The summed E-state index contributed by atoms with van der Waals surface area (Å²) in [6, 6.07) is 2.66. The molecule has 0 aliphatic heterocycles. The van der Waals surface area contributed by atoms with Gasteiger partial charge < -0.3 is 10.3 Å². The van der Waals surface area contributed by atoms with Gasteiger partial charge in [0.2, 0.25) is 5.56 Å². The first-order valence-electron chi connectivity index (χ1n) is 6.73. The van der Waals surface area contributed by atoms with Crippen LogP contribution in [0.25, 0.3) is 0 Å². The molecule has 5 nitrogen and oxygen atoms in total. The Labute approximate surface area is 127 Å². The van der Waals surface area contributed by atoms with Crippen molar-refractivity contribution in [1.29, 1.82) is 0 Å². The molecule has 112 valence electrons. The molecule has 6 heteroatoms. The summed E-state index contributed by atoms with van der Waals surface area (Å²) in [7, 11) is 0. The summed E-state index contributed by atoms with van der Waals surface area (Å²) in [6.45, 7) is 8.22. The lowest BCUT2D eigenvalue weighted by molar-refractivity contribution is 0.0939. The van der Waals surface area contributed by atoms with Gasteiger partial charge in [-0.1, -0.05) is 20.8 Å². The Hall–Kier alpha value is -1.95. The lowest BCUT2D eigenvalue weighted by Gasteiger charge is -2.15. The molecular weight excluding hydrogens is 286 g/mol. The van der Waals surface area contributed by atoms with E-state index in [4.69, 9.17) is 0 Å². The van der Waals surface area contributed by atoms with Gasteiger partial charge in [-0.05, 0) is 13.0 Å². The van der Waals surface area contributed by atoms with Gasteiger partial charge in [0, 0.05) is 23.1 Å². The fraction of sp³-hybridized carbons (Fsp3) is 0.400. The monoisotopic (exact) mass is 305 g/mol. The van der Waals surface area contributed by atoms with Crippen LogP contribution in [0, 0.1) is 0 Å². The number of rotatable bonds is 3. The highest BCUT2D eigenvalue weighted by molar-refractivity contribution is 7.09. The number of nitrogens with zero attached hydrogens (tertiary/aromatic N) is 1.